The Morgan fingerprint density at radius 1 is 1.24 bits per heavy atom. The fourth-order valence-corrected chi connectivity index (χ4v) is 3.42. The number of halogens is 1. The van der Waals surface area contributed by atoms with Crippen LogP contribution in [0.1, 0.15) is 45.7 Å². The molecule has 0 heterocycles. The van der Waals surface area contributed by atoms with Gasteiger partial charge in [0.05, 0.1) is 0 Å². The van der Waals surface area contributed by atoms with Crippen molar-refractivity contribution in [3.8, 4) is 0 Å². The molecule has 0 aliphatic carbocycles. The molecule has 0 aliphatic rings. The van der Waals surface area contributed by atoms with Crippen molar-refractivity contribution in [1.29, 1.82) is 0 Å². The quantitative estimate of drug-likeness (QED) is 0.648. The van der Waals surface area contributed by atoms with E-state index in [-0.39, 0.29) is 11.9 Å². The van der Waals surface area contributed by atoms with Crippen molar-refractivity contribution in [2.24, 2.45) is 0 Å². The summed E-state index contributed by atoms with van der Waals surface area (Å²) in [7, 11) is 0. The van der Waals surface area contributed by atoms with Crippen LogP contribution in [-0.4, -0.2) is 36.8 Å². The average Bonchev–Trinajstić information content (AvgIpc) is 2.50. The second kappa shape index (κ2) is 10.2. The van der Waals surface area contributed by atoms with E-state index >= 15 is 0 Å². The number of hydrogen-bond acceptors (Lipinski definition) is 3. The molecular formula is C17H29FN2S. The van der Waals surface area contributed by atoms with Gasteiger partial charge < -0.3 is 10.2 Å². The van der Waals surface area contributed by atoms with Crippen molar-refractivity contribution >= 4 is 11.8 Å². The van der Waals surface area contributed by atoms with E-state index in [1.807, 2.05) is 17.8 Å². The summed E-state index contributed by atoms with van der Waals surface area (Å²) in [5.74, 6) is 0.893. The van der Waals surface area contributed by atoms with Gasteiger partial charge >= 0.3 is 0 Å². The predicted molar refractivity (Wildman–Crippen MR) is 91.6 cm³/mol. The Bertz CT molecular complexity index is 408. The van der Waals surface area contributed by atoms with Crippen LogP contribution in [0.2, 0.25) is 0 Å². The lowest BCUT2D eigenvalue weighted by atomic mass is 10.1. The highest BCUT2D eigenvalue weighted by Crippen LogP contribution is 2.28. The van der Waals surface area contributed by atoms with Gasteiger partial charge in [0.25, 0.3) is 0 Å². The van der Waals surface area contributed by atoms with Gasteiger partial charge in [-0.2, -0.15) is 0 Å². The van der Waals surface area contributed by atoms with Crippen molar-refractivity contribution in [3.05, 3.63) is 29.6 Å². The number of thioether (sulfide) groups is 1. The molecule has 1 atom stereocenters. The van der Waals surface area contributed by atoms with E-state index in [2.05, 4.69) is 37.9 Å². The van der Waals surface area contributed by atoms with E-state index in [0.717, 1.165) is 43.9 Å². The molecule has 0 radical (unpaired) electrons. The molecule has 2 nitrogen and oxygen atoms in total. The third-order valence-electron chi connectivity index (χ3n) is 3.70. The number of rotatable bonds is 10. The Balaban J connectivity index is 2.68. The Morgan fingerprint density at radius 3 is 2.57 bits per heavy atom. The van der Waals surface area contributed by atoms with Crippen LogP contribution in [0.5, 0.6) is 0 Å². The highest BCUT2D eigenvalue weighted by Gasteiger charge is 2.12. The molecule has 0 fully saturated rings. The van der Waals surface area contributed by atoms with E-state index in [9.17, 15) is 4.39 Å². The SMILES string of the molecule is CCCNC(C)c1cc(F)ccc1SCCN(CC)CC. The van der Waals surface area contributed by atoms with Gasteiger partial charge in [0.2, 0.25) is 0 Å². The predicted octanol–water partition coefficient (Wildman–Crippen LogP) is 4.32. The van der Waals surface area contributed by atoms with E-state index < -0.39 is 0 Å². The maximum Gasteiger partial charge on any atom is 0.123 e. The smallest absolute Gasteiger partial charge is 0.123 e. The van der Waals surface area contributed by atoms with Gasteiger partial charge in [-0.1, -0.05) is 20.8 Å². The fraction of sp³-hybridized carbons (Fsp3) is 0.647. The zero-order valence-electron chi connectivity index (χ0n) is 13.8. The summed E-state index contributed by atoms with van der Waals surface area (Å²) in [6.45, 7) is 12.8. The second-order valence-corrected chi connectivity index (χ2v) is 6.37. The lowest BCUT2D eigenvalue weighted by Gasteiger charge is -2.20. The molecule has 1 unspecified atom stereocenters. The van der Waals surface area contributed by atoms with Crippen LogP contribution in [0, 0.1) is 5.82 Å². The number of hydrogen-bond donors (Lipinski definition) is 1. The van der Waals surface area contributed by atoms with Crippen LogP contribution in [0.3, 0.4) is 0 Å². The number of nitrogens with one attached hydrogen (secondary N) is 1. The maximum absolute atomic E-state index is 13.5. The lowest BCUT2D eigenvalue weighted by Crippen LogP contribution is -2.25. The Morgan fingerprint density at radius 2 is 1.95 bits per heavy atom. The molecule has 1 aromatic carbocycles. The Labute approximate surface area is 133 Å². The third kappa shape index (κ3) is 6.37. The molecule has 0 saturated heterocycles. The standard InChI is InChI=1S/C17H29FN2S/c1-5-10-19-14(4)16-13-15(18)8-9-17(16)21-12-11-20(6-2)7-3/h8-9,13-14,19H,5-7,10-12H2,1-4H3. The minimum atomic E-state index is -0.150. The van der Waals surface area contributed by atoms with E-state index in [1.165, 1.54) is 4.90 Å². The van der Waals surface area contributed by atoms with Gasteiger partial charge in [-0.05, 0) is 56.7 Å². The Hall–Kier alpha value is -0.580. The van der Waals surface area contributed by atoms with E-state index in [4.69, 9.17) is 0 Å². The first-order valence-electron chi connectivity index (χ1n) is 8.00. The van der Waals surface area contributed by atoms with Crippen molar-refractivity contribution in [2.75, 3.05) is 31.9 Å². The van der Waals surface area contributed by atoms with E-state index in [1.54, 1.807) is 12.1 Å². The topological polar surface area (TPSA) is 15.3 Å². The molecule has 1 aromatic rings. The molecule has 0 amide bonds. The van der Waals surface area contributed by atoms with Crippen LogP contribution in [-0.2, 0) is 0 Å². The highest BCUT2D eigenvalue weighted by molar-refractivity contribution is 7.99. The summed E-state index contributed by atoms with van der Waals surface area (Å²) in [5.41, 5.74) is 1.08. The number of nitrogens with zero attached hydrogens (tertiary/aromatic N) is 1. The van der Waals surface area contributed by atoms with Crippen LogP contribution in [0.15, 0.2) is 23.1 Å². The maximum atomic E-state index is 13.5. The first-order valence-corrected chi connectivity index (χ1v) is 8.98. The molecule has 1 rings (SSSR count). The number of benzene rings is 1. The molecule has 0 aliphatic heterocycles. The molecule has 0 aromatic heterocycles. The largest absolute Gasteiger partial charge is 0.310 e. The molecule has 0 bridgehead atoms. The van der Waals surface area contributed by atoms with Gasteiger partial charge in [-0.15, -0.1) is 11.8 Å². The van der Waals surface area contributed by atoms with Crippen molar-refractivity contribution < 1.29 is 4.39 Å². The van der Waals surface area contributed by atoms with Crippen molar-refractivity contribution in [1.82, 2.24) is 10.2 Å². The summed E-state index contributed by atoms with van der Waals surface area (Å²) in [4.78, 5) is 3.61. The molecule has 21 heavy (non-hydrogen) atoms. The molecular weight excluding hydrogens is 283 g/mol. The van der Waals surface area contributed by atoms with Crippen LogP contribution >= 0.6 is 11.8 Å². The summed E-state index contributed by atoms with van der Waals surface area (Å²) in [6.07, 6.45) is 1.09. The summed E-state index contributed by atoms with van der Waals surface area (Å²) >= 11 is 1.83. The monoisotopic (exact) mass is 312 g/mol. The molecule has 1 N–H and O–H groups in total. The first-order chi connectivity index (χ1) is 10.1. The molecule has 120 valence electrons. The summed E-state index contributed by atoms with van der Waals surface area (Å²) in [5, 5.41) is 3.45. The third-order valence-corrected chi connectivity index (χ3v) is 4.77. The van der Waals surface area contributed by atoms with E-state index in [0.29, 0.717) is 0 Å². The normalized spacial score (nSPS) is 12.9. The highest BCUT2D eigenvalue weighted by atomic mass is 32.2. The second-order valence-electron chi connectivity index (χ2n) is 5.23. The van der Waals surface area contributed by atoms with Crippen molar-refractivity contribution in [2.45, 2.75) is 45.1 Å². The molecule has 0 saturated carbocycles. The zero-order chi connectivity index (χ0) is 15.7. The average molecular weight is 312 g/mol. The van der Waals surface area contributed by atoms with Gasteiger partial charge in [0, 0.05) is 23.2 Å². The minimum absolute atomic E-state index is 0.150. The minimum Gasteiger partial charge on any atom is -0.310 e. The van der Waals surface area contributed by atoms with Gasteiger partial charge in [-0.3, -0.25) is 0 Å². The molecule has 0 spiro atoms. The van der Waals surface area contributed by atoms with Gasteiger partial charge in [0.15, 0.2) is 0 Å². The zero-order valence-corrected chi connectivity index (χ0v) is 14.6. The van der Waals surface area contributed by atoms with Crippen molar-refractivity contribution in [3.63, 3.8) is 0 Å². The summed E-state index contributed by atoms with van der Waals surface area (Å²) < 4.78 is 13.5. The van der Waals surface area contributed by atoms with Crippen LogP contribution in [0.25, 0.3) is 0 Å². The van der Waals surface area contributed by atoms with Crippen LogP contribution in [0.4, 0.5) is 4.39 Å². The lowest BCUT2D eigenvalue weighted by molar-refractivity contribution is 0.324. The van der Waals surface area contributed by atoms with Gasteiger partial charge in [0.1, 0.15) is 5.82 Å². The van der Waals surface area contributed by atoms with Crippen LogP contribution < -0.4 is 5.32 Å². The summed E-state index contributed by atoms with van der Waals surface area (Å²) in [6, 6.07) is 5.35. The van der Waals surface area contributed by atoms with Gasteiger partial charge in [-0.25, -0.2) is 4.39 Å². The fourth-order valence-electron chi connectivity index (χ4n) is 2.28. The Kier molecular flexibility index (Phi) is 8.97. The molecule has 4 heteroatoms. The first kappa shape index (κ1) is 18.5.